The molecule has 0 aliphatic carbocycles. The largest absolute Gasteiger partial charge is 0.436 e. The normalized spacial score (nSPS) is 14.8. The molecule has 1 aliphatic heterocycles. The third-order valence-corrected chi connectivity index (χ3v) is 7.90. The summed E-state index contributed by atoms with van der Waals surface area (Å²) in [6.07, 6.45) is 0.0574. The Hall–Kier alpha value is -5.06. The summed E-state index contributed by atoms with van der Waals surface area (Å²) in [4.78, 5) is 58.5. The molecule has 2 heterocycles. The molecular weight excluding hydrogens is 607 g/mol. The van der Waals surface area contributed by atoms with Gasteiger partial charge in [-0.1, -0.05) is 47.5 Å². The van der Waals surface area contributed by atoms with Crippen LogP contribution in [0.4, 0.5) is 11.4 Å². The van der Waals surface area contributed by atoms with Crippen LogP contribution in [0.3, 0.4) is 0 Å². The highest BCUT2D eigenvalue weighted by molar-refractivity contribution is 6.32. The molecule has 5 aromatic rings. The first-order chi connectivity index (χ1) is 21.2. The molecule has 220 valence electrons. The van der Waals surface area contributed by atoms with E-state index in [-0.39, 0.29) is 23.6 Å². The van der Waals surface area contributed by atoms with Crippen molar-refractivity contribution in [3.63, 3.8) is 0 Å². The maximum Gasteiger partial charge on any atom is 0.288 e. The summed E-state index contributed by atoms with van der Waals surface area (Å²) in [7, 11) is 0. The van der Waals surface area contributed by atoms with Gasteiger partial charge in [-0.2, -0.15) is 0 Å². The number of nitro groups is 1. The second kappa shape index (κ2) is 11.9. The minimum atomic E-state index is -1.14. The summed E-state index contributed by atoms with van der Waals surface area (Å²) in [6.45, 7) is 0.0454. The number of para-hydroxylation sites is 2. The number of hydrogen-bond acceptors (Lipinski definition) is 7. The molecule has 10 nitrogen and oxygen atoms in total. The molecule has 0 radical (unpaired) electrons. The number of carbonyl (C=O) groups is 3. The fourth-order valence-electron chi connectivity index (χ4n) is 5.17. The van der Waals surface area contributed by atoms with Crippen LogP contribution >= 0.6 is 23.2 Å². The zero-order valence-electron chi connectivity index (χ0n) is 22.9. The van der Waals surface area contributed by atoms with Gasteiger partial charge < -0.3 is 9.32 Å². The van der Waals surface area contributed by atoms with Crippen molar-refractivity contribution < 1.29 is 23.7 Å². The molecule has 1 aromatic heterocycles. The lowest BCUT2D eigenvalue weighted by atomic mass is 10.1. The van der Waals surface area contributed by atoms with Crippen LogP contribution in [-0.4, -0.2) is 45.1 Å². The number of benzene rings is 4. The third kappa shape index (κ3) is 5.64. The van der Waals surface area contributed by atoms with Crippen molar-refractivity contribution in [2.75, 3.05) is 11.4 Å². The van der Waals surface area contributed by atoms with Crippen molar-refractivity contribution in [2.45, 2.75) is 18.9 Å². The number of amides is 3. The average molecular weight is 629 g/mol. The first-order valence-electron chi connectivity index (χ1n) is 13.5. The number of fused-ring (bicyclic) bond motifs is 1. The molecule has 44 heavy (non-hydrogen) atoms. The van der Waals surface area contributed by atoms with E-state index in [1.165, 1.54) is 17.0 Å². The highest BCUT2D eigenvalue weighted by atomic mass is 35.5. The molecular formula is C32H22Cl2N4O6. The molecule has 0 bridgehead atoms. The van der Waals surface area contributed by atoms with E-state index in [4.69, 9.17) is 27.6 Å². The quantitative estimate of drug-likeness (QED) is 0.106. The fourth-order valence-corrected chi connectivity index (χ4v) is 5.57. The van der Waals surface area contributed by atoms with Crippen LogP contribution in [0, 0.1) is 10.1 Å². The van der Waals surface area contributed by atoms with E-state index in [9.17, 15) is 24.5 Å². The topological polar surface area (TPSA) is 127 Å². The molecule has 0 N–H and O–H groups in total. The predicted molar refractivity (Wildman–Crippen MR) is 165 cm³/mol. The van der Waals surface area contributed by atoms with Gasteiger partial charge in [-0.25, -0.2) is 9.88 Å². The maximum absolute atomic E-state index is 13.8. The lowest BCUT2D eigenvalue weighted by molar-refractivity contribution is -0.384. The predicted octanol–water partition coefficient (Wildman–Crippen LogP) is 6.73. The van der Waals surface area contributed by atoms with E-state index in [1.54, 1.807) is 42.5 Å². The highest BCUT2D eigenvalue weighted by Crippen LogP contribution is 2.31. The number of rotatable bonds is 8. The molecule has 1 aliphatic rings. The van der Waals surface area contributed by atoms with Crippen LogP contribution in [0.15, 0.2) is 95.4 Å². The smallest absolute Gasteiger partial charge is 0.288 e. The molecule has 4 aromatic carbocycles. The molecule has 3 amide bonds. The first-order valence-corrected chi connectivity index (χ1v) is 14.3. The Morgan fingerprint density at radius 2 is 1.77 bits per heavy atom. The molecule has 1 saturated heterocycles. The lowest BCUT2D eigenvalue weighted by Crippen LogP contribution is -2.46. The molecule has 6 rings (SSSR count). The summed E-state index contributed by atoms with van der Waals surface area (Å²) in [5.74, 6) is -1.33. The van der Waals surface area contributed by atoms with Crippen LogP contribution in [0.5, 0.6) is 0 Å². The number of nitro benzene ring substituents is 1. The zero-order valence-corrected chi connectivity index (χ0v) is 24.4. The van der Waals surface area contributed by atoms with Crippen molar-refractivity contribution in [3.05, 3.63) is 122 Å². The average Bonchev–Trinajstić information content (AvgIpc) is 3.57. The van der Waals surface area contributed by atoms with Crippen molar-refractivity contribution in [3.8, 4) is 11.5 Å². The van der Waals surface area contributed by atoms with Gasteiger partial charge in [0.2, 0.25) is 11.8 Å². The number of halogens is 2. The van der Waals surface area contributed by atoms with Gasteiger partial charge in [0.25, 0.3) is 17.5 Å². The fraction of sp³-hybridized carbons (Fsp3) is 0.125. The Morgan fingerprint density at radius 3 is 2.50 bits per heavy atom. The number of carbonyl (C=O) groups excluding carboxylic acids is 3. The van der Waals surface area contributed by atoms with E-state index in [0.717, 1.165) is 16.5 Å². The molecule has 12 heteroatoms. The second-order valence-electron chi connectivity index (χ2n) is 10.1. The van der Waals surface area contributed by atoms with Crippen LogP contribution in [0.2, 0.25) is 10.0 Å². The minimum absolute atomic E-state index is 0.0337. The van der Waals surface area contributed by atoms with Crippen molar-refractivity contribution in [1.29, 1.82) is 0 Å². The van der Waals surface area contributed by atoms with Crippen molar-refractivity contribution >= 4 is 63.4 Å². The maximum atomic E-state index is 13.8. The monoisotopic (exact) mass is 628 g/mol. The molecule has 0 saturated carbocycles. The van der Waals surface area contributed by atoms with E-state index in [1.807, 2.05) is 30.3 Å². The summed E-state index contributed by atoms with van der Waals surface area (Å²) < 4.78 is 5.82. The zero-order chi connectivity index (χ0) is 31.0. The number of aromatic nitrogens is 1. The van der Waals surface area contributed by atoms with Crippen LogP contribution in [-0.2, 0) is 16.0 Å². The number of imide groups is 1. The Labute approximate surface area is 260 Å². The van der Waals surface area contributed by atoms with Gasteiger partial charge in [-0.15, -0.1) is 0 Å². The summed E-state index contributed by atoms with van der Waals surface area (Å²) in [6, 6.07) is 23.6. The highest BCUT2D eigenvalue weighted by Gasteiger charge is 2.44. The summed E-state index contributed by atoms with van der Waals surface area (Å²) in [5, 5.41) is 11.9. The van der Waals surface area contributed by atoms with Gasteiger partial charge in [0, 0.05) is 28.8 Å². The van der Waals surface area contributed by atoms with Crippen LogP contribution in [0.25, 0.3) is 22.6 Å². The van der Waals surface area contributed by atoms with Gasteiger partial charge in [0.15, 0.2) is 5.58 Å². The van der Waals surface area contributed by atoms with Gasteiger partial charge in [0.05, 0.1) is 17.0 Å². The van der Waals surface area contributed by atoms with Gasteiger partial charge in [-0.3, -0.25) is 24.5 Å². The Balaban J connectivity index is 1.29. The molecule has 1 atom stereocenters. The van der Waals surface area contributed by atoms with Gasteiger partial charge in [0.1, 0.15) is 16.6 Å². The molecule has 1 unspecified atom stereocenters. The van der Waals surface area contributed by atoms with Crippen LogP contribution in [0.1, 0.15) is 22.3 Å². The molecule has 0 spiro atoms. The van der Waals surface area contributed by atoms with Crippen molar-refractivity contribution in [1.82, 2.24) is 9.88 Å². The standard InChI is InChI=1S/C32H22Cl2N4O6/c33-22-5-3-4-19(16-22)14-15-36(31(40)21-10-13-24(34)26(17-21)38(42)43)27-18-29(39)37(32(27)41)23-11-8-20(9-12-23)30-35-25-6-1-2-7-28(25)44-30/h1-13,16-17,27H,14-15,18H2. The minimum Gasteiger partial charge on any atom is -0.436 e. The van der Waals surface area contributed by atoms with E-state index >= 15 is 0 Å². The molecule has 1 fully saturated rings. The summed E-state index contributed by atoms with van der Waals surface area (Å²) in [5.41, 5.74) is 2.65. The van der Waals surface area contributed by atoms with E-state index in [0.29, 0.717) is 39.7 Å². The number of nitrogens with zero attached hydrogens (tertiary/aromatic N) is 4. The van der Waals surface area contributed by atoms with E-state index < -0.39 is 34.4 Å². The van der Waals surface area contributed by atoms with Crippen molar-refractivity contribution in [2.24, 2.45) is 0 Å². The van der Waals surface area contributed by atoms with Crippen LogP contribution < -0.4 is 4.90 Å². The number of oxazole rings is 1. The van der Waals surface area contributed by atoms with E-state index in [2.05, 4.69) is 4.98 Å². The first kappa shape index (κ1) is 29.0. The lowest BCUT2D eigenvalue weighted by Gasteiger charge is -2.28. The Bertz CT molecular complexity index is 1910. The Morgan fingerprint density at radius 1 is 1.00 bits per heavy atom. The SMILES string of the molecule is O=C1CC(N(CCc2cccc(Cl)c2)C(=O)c2ccc(Cl)c([N+](=O)[O-])c2)C(=O)N1c1ccc(-c2nc3ccccc3o2)cc1. The third-order valence-electron chi connectivity index (χ3n) is 7.35. The van der Waals surface area contributed by atoms with Gasteiger partial charge in [-0.05, 0) is 72.6 Å². The second-order valence-corrected chi connectivity index (χ2v) is 11.0. The Kier molecular flexibility index (Phi) is 7.86. The van der Waals surface area contributed by atoms with Gasteiger partial charge >= 0.3 is 0 Å². The number of anilines is 1. The number of hydrogen-bond donors (Lipinski definition) is 0. The summed E-state index contributed by atoms with van der Waals surface area (Å²) >= 11 is 12.1.